The molecule has 118 valence electrons. The molecule has 0 aliphatic heterocycles. The fourth-order valence-electron chi connectivity index (χ4n) is 1.84. The maximum atomic E-state index is 12.1. The van der Waals surface area contributed by atoms with Crippen LogP contribution >= 0.6 is 11.3 Å². The lowest BCUT2D eigenvalue weighted by Crippen LogP contribution is -2.17. The molecule has 0 atom stereocenters. The van der Waals surface area contributed by atoms with Crippen molar-refractivity contribution >= 4 is 32.9 Å². The SMILES string of the molecule is FC(F)(F)Oc1ccc(/C=N\Nc2nc3ccccc3s2)cc1. The molecule has 3 rings (SSSR count). The zero-order valence-electron chi connectivity index (χ0n) is 11.5. The Bertz CT molecular complexity index is 795. The molecule has 0 fully saturated rings. The second-order valence-electron chi connectivity index (χ2n) is 4.47. The van der Waals surface area contributed by atoms with Crippen molar-refractivity contribution in [2.75, 3.05) is 5.43 Å². The molecule has 23 heavy (non-hydrogen) atoms. The lowest BCUT2D eigenvalue weighted by atomic mass is 10.2. The van der Waals surface area contributed by atoms with E-state index < -0.39 is 6.36 Å². The van der Waals surface area contributed by atoms with E-state index >= 15 is 0 Å². The minimum atomic E-state index is -4.69. The molecular formula is C15H10F3N3OS. The van der Waals surface area contributed by atoms with E-state index in [1.807, 2.05) is 24.3 Å². The Hall–Kier alpha value is -2.61. The first-order chi connectivity index (χ1) is 11.0. The number of alkyl halides is 3. The van der Waals surface area contributed by atoms with E-state index in [1.54, 1.807) is 0 Å². The van der Waals surface area contributed by atoms with Gasteiger partial charge in [-0.15, -0.1) is 13.2 Å². The number of para-hydroxylation sites is 1. The molecule has 4 nitrogen and oxygen atoms in total. The highest BCUT2D eigenvalue weighted by Crippen LogP contribution is 2.25. The summed E-state index contributed by atoms with van der Waals surface area (Å²) in [4.78, 5) is 4.35. The number of rotatable bonds is 4. The van der Waals surface area contributed by atoms with Gasteiger partial charge in [-0.1, -0.05) is 23.5 Å². The third-order valence-corrected chi connectivity index (χ3v) is 3.72. The number of aromatic nitrogens is 1. The number of thiazole rings is 1. The lowest BCUT2D eigenvalue weighted by molar-refractivity contribution is -0.274. The molecule has 0 aliphatic rings. The Labute approximate surface area is 133 Å². The van der Waals surface area contributed by atoms with E-state index in [4.69, 9.17) is 0 Å². The third-order valence-electron chi connectivity index (χ3n) is 2.78. The summed E-state index contributed by atoms with van der Waals surface area (Å²) < 4.78 is 41.0. The molecule has 0 amide bonds. The van der Waals surface area contributed by atoms with Crippen molar-refractivity contribution in [3.8, 4) is 5.75 Å². The van der Waals surface area contributed by atoms with E-state index in [2.05, 4.69) is 20.2 Å². The fraction of sp³-hybridized carbons (Fsp3) is 0.0667. The largest absolute Gasteiger partial charge is 0.573 e. The minimum Gasteiger partial charge on any atom is -0.406 e. The average Bonchev–Trinajstić information content (AvgIpc) is 2.90. The summed E-state index contributed by atoms with van der Waals surface area (Å²) in [6.45, 7) is 0. The van der Waals surface area contributed by atoms with Gasteiger partial charge in [0.25, 0.3) is 0 Å². The quantitative estimate of drug-likeness (QED) is 0.557. The van der Waals surface area contributed by atoms with Gasteiger partial charge in [0.2, 0.25) is 5.13 Å². The predicted octanol–water partition coefficient (Wildman–Crippen LogP) is 4.64. The molecule has 1 heterocycles. The number of anilines is 1. The fourth-order valence-corrected chi connectivity index (χ4v) is 2.65. The number of ether oxygens (including phenoxy) is 1. The Morgan fingerprint density at radius 3 is 2.52 bits per heavy atom. The van der Waals surface area contributed by atoms with Crippen molar-refractivity contribution in [2.45, 2.75) is 6.36 Å². The number of hydrogen-bond acceptors (Lipinski definition) is 5. The van der Waals surface area contributed by atoms with Gasteiger partial charge in [0.1, 0.15) is 5.75 Å². The van der Waals surface area contributed by atoms with Crippen LogP contribution in [0.25, 0.3) is 10.2 Å². The van der Waals surface area contributed by atoms with Gasteiger partial charge >= 0.3 is 6.36 Å². The molecule has 0 saturated heterocycles. The maximum Gasteiger partial charge on any atom is 0.573 e. The first-order valence-electron chi connectivity index (χ1n) is 6.50. The van der Waals surface area contributed by atoms with Crippen LogP contribution < -0.4 is 10.2 Å². The first-order valence-corrected chi connectivity index (χ1v) is 7.32. The van der Waals surface area contributed by atoms with Crippen LogP contribution in [0.3, 0.4) is 0 Å². The normalized spacial score (nSPS) is 12.0. The number of hydrazone groups is 1. The second-order valence-corrected chi connectivity index (χ2v) is 5.50. The molecule has 8 heteroatoms. The molecule has 3 aromatic rings. The monoisotopic (exact) mass is 337 g/mol. The summed E-state index contributed by atoms with van der Waals surface area (Å²) in [5, 5.41) is 4.66. The van der Waals surface area contributed by atoms with Gasteiger partial charge in [0.15, 0.2) is 0 Å². The van der Waals surface area contributed by atoms with Gasteiger partial charge < -0.3 is 4.74 Å². The summed E-state index contributed by atoms with van der Waals surface area (Å²) in [5.74, 6) is -0.270. The van der Waals surface area contributed by atoms with Crippen LogP contribution in [0, 0.1) is 0 Å². The highest BCUT2D eigenvalue weighted by atomic mass is 32.1. The number of nitrogens with zero attached hydrogens (tertiary/aromatic N) is 2. The number of benzene rings is 2. The van der Waals surface area contributed by atoms with E-state index in [9.17, 15) is 13.2 Å². The highest BCUT2D eigenvalue weighted by molar-refractivity contribution is 7.22. The molecule has 0 aliphatic carbocycles. The topological polar surface area (TPSA) is 46.5 Å². The Morgan fingerprint density at radius 1 is 1.09 bits per heavy atom. The zero-order chi connectivity index (χ0) is 16.3. The van der Waals surface area contributed by atoms with Crippen LogP contribution in [0.2, 0.25) is 0 Å². The van der Waals surface area contributed by atoms with Crippen LogP contribution in [0.4, 0.5) is 18.3 Å². The van der Waals surface area contributed by atoms with Crippen LogP contribution in [-0.4, -0.2) is 17.6 Å². The number of fused-ring (bicyclic) bond motifs is 1. The molecule has 0 bridgehead atoms. The van der Waals surface area contributed by atoms with Crippen LogP contribution in [0.1, 0.15) is 5.56 Å². The third kappa shape index (κ3) is 4.19. The van der Waals surface area contributed by atoms with Crippen molar-refractivity contribution in [2.24, 2.45) is 5.10 Å². The Morgan fingerprint density at radius 2 is 1.83 bits per heavy atom. The standard InChI is InChI=1S/C15H10F3N3OS/c16-15(17,18)22-11-7-5-10(6-8-11)9-19-21-14-20-12-3-1-2-4-13(12)23-14/h1-9H,(H,20,21)/b19-9-. The van der Waals surface area contributed by atoms with Crippen molar-refractivity contribution in [1.29, 1.82) is 0 Å². The molecule has 2 aromatic carbocycles. The number of halogens is 3. The smallest absolute Gasteiger partial charge is 0.406 e. The summed E-state index contributed by atoms with van der Waals surface area (Å²) in [5.41, 5.74) is 4.31. The lowest BCUT2D eigenvalue weighted by Gasteiger charge is -2.08. The van der Waals surface area contributed by atoms with Gasteiger partial charge in [0, 0.05) is 0 Å². The summed E-state index contributed by atoms with van der Waals surface area (Å²) in [6, 6.07) is 13.1. The van der Waals surface area contributed by atoms with Gasteiger partial charge in [0.05, 0.1) is 16.4 Å². The minimum absolute atomic E-state index is 0.270. The van der Waals surface area contributed by atoms with E-state index in [0.29, 0.717) is 10.7 Å². The highest BCUT2D eigenvalue weighted by Gasteiger charge is 2.30. The first kappa shape index (κ1) is 15.3. The molecule has 0 saturated carbocycles. The van der Waals surface area contributed by atoms with Gasteiger partial charge in [-0.2, -0.15) is 5.10 Å². The van der Waals surface area contributed by atoms with Crippen LogP contribution in [0.5, 0.6) is 5.75 Å². The molecule has 0 unspecified atom stereocenters. The van der Waals surface area contributed by atoms with Crippen molar-refractivity contribution in [3.05, 3.63) is 54.1 Å². The molecule has 1 aromatic heterocycles. The summed E-state index contributed by atoms with van der Waals surface area (Å²) in [7, 11) is 0. The van der Waals surface area contributed by atoms with Crippen LogP contribution in [0.15, 0.2) is 53.6 Å². The van der Waals surface area contributed by atoms with Crippen molar-refractivity contribution in [1.82, 2.24) is 4.98 Å². The molecule has 1 N–H and O–H groups in total. The predicted molar refractivity (Wildman–Crippen MR) is 84.0 cm³/mol. The van der Waals surface area contributed by atoms with E-state index in [-0.39, 0.29) is 5.75 Å². The van der Waals surface area contributed by atoms with Crippen molar-refractivity contribution < 1.29 is 17.9 Å². The summed E-state index contributed by atoms with van der Waals surface area (Å²) >= 11 is 1.46. The van der Waals surface area contributed by atoms with Gasteiger partial charge in [-0.3, -0.25) is 5.43 Å². The average molecular weight is 337 g/mol. The van der Waals surface area contributed by atoms with E-state index in [1.165, 1.54) is 41.8 Å². The Balaban J connectivity index is 1.63. The molecule has 0 radical (unpaired) electrons. The van der Waals surface area contributed by atoms with Crippen LogP contribution in [-0.2, 0) is 0 Å². The zero-order valence-corrected chi connectivity index (χ0v) is 12.4. The second kappa shape index (κ2) is 6.25. The van der Waals surface area contributed by atoms with Crippen molar-refractivity contribution in [3.63, 3.8) is 0 Å². The molecule has 0 spiro atoms. The molecular weight excluding hydrogens is 327 g/mol. The number of nitrogens with one attached hydrogen (secondary N) is 1. The van der Waals surface area contributed by atoms with E-state index in [0.717, 1.165) is 10.2 Å². The maximum absolute atomic E-state index is 12.1. The number of hydrogen-bond donors (Lipinski definition) is 1. The Kier molecular flexibility index (Phi) is 4.16. The van der Waals surface area contributed by atoms with Gasteiger partial charge in [-0.25, -0.2) is 4.98 Å². The summed E-state index contributed by atoms with van der Waals surface area (Å²) in [6.07, 6.45) is -3.20. The van der Waals surface area contributed by atoms with Gasteiger partial charge in [-0.05, 0) is 42.0 Å².